The Kier molecular flexibility index (Phi) is 2.92. The van der Waals surface area contributed by atoms with Gasteiger partial charge in [0, 0.05) is 10.6 Å². The molecular weight excluding hydrogens is 208 g/mol. The third-order valence-corrected chi connectivity index (χ3v) is 3.01. The van der Waals surface area contributed by atoms with Crippen molar-refractivity contribution in [2.75, 3.05) is 0 Å². The maximum atomic E-state index is 12.1. The molecule has 2 rings (SSSR count). The lowest BCUT2D eigenvalue weighted by Gasteiger charge is -2.05. The first-order valence-corrected chi connectivity index (χ1v) is 5.56. The predicted octanol–water partition coefficient (Wildman–Crippen LogP) is 3.94. The molecule has 15 heavy (non-hydrogen) atoms. The molecule has 0 saturated heterocycles. The molecule has 0 amide bonds. The molecule has 0 heterocycles. The summed E-state index contributed by atoms with van der Waals surface area (Å²) in [6.07, 6.45) is 5.08. The topological polar surface area (TPSA) is 17.1 Å². The van der Waals surface area contributed by atoms with Crippen molar-refractivity contribution in [2.45, 2.75) is 26.2 Å². The normalized spacial score (nSPS) is 15.2. The molecule has 0 spiro atoms. The molecule has 0 atom stereocenters. The van der Waals surface area contributed by atoms with Gasteiger partial charge in [-0.3, -0.25) is 4.79 Å². The number of hydrogen-bond acceptors (Lipinski definition) is 1. The molecular formula is C13H13ClO. The van der Waals surface area contributed by atoms with Gasteiger partial charge in [-0.05, 0) is 49.5 Å². The molecule has 2 heteroatoms. The summed E-state index contributed by atoms with van der Waals surface area (Å²) in [4.78, 5) is 12.1. The molecule has 78 valence electrons. The molecule has 0 aliphatic heterocycles. The highest BCUT2D eigenvalue weighted by molar-refractivity contribution is 6.31. The Labute approximate surface area is 94.8 Å². The van der Waals surface area contributed by atoms with Crippen LogP contribution in [0.5, 0.6) is 0 Å². The summed E-state index contributed by atoms with van der Waals surface area (Å²) in [5.74, 6) is 0.146. The lowest BCUT2D eigenvalue weighted by Crippen LogP contribution is -2.03. The second kappa shape index (κ2) is 4.19. The fourth-order valence-electron chi connectivity index (χ4n) is 1.89. The van der Waals surface area contributed by atoms with Gasteiger partial charge < -0.3 is 0 Å². The van der Waals surface area contributed by atoms with Crippen molar-refractivity contribution in [3.8, 4) is 0 Å². The molecule has 0 bridgehead atoms. The van der Waals surface area contributed by atoms with E-state index in [2.05, 4.69) is 0 Å². The third-order valence-electron chi connectivity index (χ3n) is 2.78. The molecule has 1 aliphatic rings. The number of benzene rings is 1. The van der Waals surface area contributed by atoms with E-state index < -0.39 is 0 Å². The molecule has 1 nitrogen and oxygen atoms in total. The SMILES string of the molecule is Cc1ccc(Cl)cc1C(=O)C1=CCCC1. The monoisotopic (exact) mass is 220 g/mol. The summed E-state index contributed by atoms with van der Waals surface area (Å²) < 4.78 is 0. The van der Waals surface area contributed by atoms with E-state index in [1.807, 2.05) is 25.1 Å². The Balaban J connectivity index is 2.36. The van der Waals surface area contributed by atoms with Crippen molar-refractivity contribution >= 4 is 17.4 Å². The fraction of sp³-hybridized carbons (Fsp3) is 0.308. The lowest BCUT2D eigenvalue weighted by atomic mass is 9.99. The molecule has 0 unspecified atom stereocenters. The fourth-order valence-corrected chi connectivity index (χ4v) is 2.06. The number of allylic oxidation sites excluding steroid dienone is 2. The van der Waals surface area contributed by atoms with Crippen LogP contribution in [0.2, 0.25) is 5.02 Å². The van der Waals surface area contributed by atoms with Crippen LogP contribution >= 0.6 is 11.6 Å². The number of Topliss-reactive ketones (excluding diaryl/α,β-unsaturated/α-hetero) is 1. The summed E-state index contributed by atoms with van der Waals surface area (Å²) in [7, 11) is 0. The van der Waals surface area contributed by atoms with E-state index in [9.17, 15) is 4.79 Å². The highest BCUT2D eigenvalue weighted by Crippen LogP contribution is 2.24. The van der Waals surface area contributed by atoms with Crippen LogP contribution in [0.15, 0.2) is 29.8 Å². The Hall–Kier alpha value is -1.08. The van der Waals surface area contributed by atoms with Crippen LogP contribution in [-0.4, -0.2) is 5.78 Å². The van der Waals surface area contributed by atoms with Gasteiger partial charge in [0.1, 0.15) is 0 Å². The Morgan fingerprint density at radius 2 is 2.20 bits per heavy atom. The van der Waals surface area contributed by atoms with E-state index in [4.69, 9.17) is 11.6 Å². The molecule has 1 aromatic carbocycles. The predicted molar refractivity (Wildman–Crippen MR) is 62.5 cm³/mol. The van der Waals surface area contributed by atoms with Crippen LogP contribution in [0.4, 0.5) is 0 Å². The van der Waals surface area contributed by atoms with Crippen LogP contribution in [0.25, 0.3) is 0 Å². The summed E-state index contributed by atoms with van der Waals surface area (Å²) in [5.41, 5.74) is 2.69. The van der Waals surface area contributed by atoms with Crippen LogP contribution in [-0.2, 0) is 0 Å². The van der Waals surface area contributed by atoms with Crippen LogP contribution in [0, 0.1) is 6.92 Å². The van der Waals surface area contributed by atoms with Crippen LogP contribution < -0.4 is 0 Å². The maximum absolute atomic E-state index is 12.1. The van der Waals surface area contributed by atoms with Gasteiger partial charge in [-0.2, -0.15) is 0 Å². The average molecular weight is 221 g/mol. The standard InChI is InChI=1S/C13H13ClO/c1-9-6-7-11(14)8-12(9)13(15)10-4-2-3-5-10/h4,6-8H,2-3,5H2,1H3. The van der Waals surface area contributed by atoms with Crippen molar-refractivity contribution in [3.05, 3.63) is 46.0 Å². The summed E-state index contributed by atoms with van der Waals surface area (Å²) in [6.45, 7) is 1.94. The minimum atomic E-state index is 0.146. The Morgan fingerprint density at radius 3 is 2.87 bits per heavy atom. The van der Waals surface area contributed by atoms with Gasteiger partial charge in [0.05, 0.1) is 0 Å². The highest BCUT2D eigenvalue weighted by Gasteiger charge is 2.17. The number of hydrogen-bond donors (Lipinski definition) is 0. The minimum absolute atomic E-state index is 0.146. The number of aryl methyl sites for hydroxylation is 1. The molecule has 0 radical (unpaired) electrons. The minimum Gasteiger partial charge on any atom is -0.289 e. The van der Waals surface area contributed by atoms with E-state index >= 15 is 0 Å². The largest absolute Gasteiger partial charge is 0.289 e. The number of carbonyl (C=O) groups is 1. The van der Waals surface area contributed by atoms with Gasteiger partial charge in [-0.25, -0.2) is 0 Å². The van der Waals surface area contributed by atoms with Gasteiger partial charge in [0.15, 0.2) is 5.78 Å². The third kappa shape index (κ3) is 2.13. The van der Waals surface area contributed by atoms with Gasteiger partial charge in [-0.15, -0.1) is 0 Å². The zero-order valence-electron chi connectivity index (χ0n) is 8.72. The van der Waals surface area contributed by atoms with E-state index in [0.717, 1.165) is 36.0 Å². The van der Waals surface area contributed by atoms with Gasteiger partial charge in [0.2, 0.25) is 0 Å². The van der Waals surface area contributed by atoms with Crippen LogP contribution in [0.3, 0.4) is 0 Å². The van der Waals surface area contributed by atoms with E-state index in [1.165, 1.54) is 0 Å². The average Bonchev–Trinajstić information content (AvgIpc) is 2.74. The van der Waals surface area contributed by atoms with Gasteiger partial charge in [-0.1, -0.05) is 23.7 Å². The van der Waals surface area contributed by atoms with Crippen molar-refractivity contribution < 1.29 is 4.79 Å². The smallest absolute Gasteiger partial charge is 0.189 e. The molecule has 1 aromatic rings. The summed E-state index contributed by atoms with van der Waals surface area (Å²) in [6, 6.07) is 5.47. The quantitative estimate of drug-likeness (QED) is 0.690. The molecule has 0 aromatic heterocycles. The van der Waals surface area contributed by atoms with E-state index in [1.54, 1.807) is 6.07 Å². The molecule has 0 N–H and O–H groups in total. The van der Waals surface area contributed by atoms with Gasteiger partial charge in [0.25, 0.3) is 0 Å². The van der Waals surface area contributed by atoms with E-state index in [0.29, 0.717) is 5.02 Å². The number of halogens is 1. The molecule has 0 fully saturated rings. The second-order valence-electron chi connectivity index (χ2n) is 3.91. The zero-order chi connectivity index (χ0) is 10.8. The molecule has 0 saturated carbocycles. The zero-order valence-corrected chi connectivity index (χ0v) is 9.47. The van der Waals surface area contributed by atoms with Gasteiger partial charge >= 0.3 is 0 Å². The van der Waals surface area contributed by atoms with E-state index in [-0.39, 0.29) is 5.78 Å². The lowest BCUT2D eigenvalue weighted by molar-refractivity contribution is 0.103. The Bertz CT molecular complexity index is 432. The van der Waals surface area contributed by atoms with Crippen molar-refractivity contribution in [2.24, 2.45) is 0 Å². The first kappa shape index (κ1) is 10.4. The Morgan fingerprint density at radius 1 is 1.40 bits per heavy atom. The van der Waals surface area contributed by atoms with Crippen molar-refractivity contribution in [1.82, 2.24) is 0 Å². The summed E-state index contributed by atoms with van der Waals surface area (Å²) >= 11 is 5.90. The maximum Gasteiger partial charge on any atom is 0.189 e. The van der Waals surface area contributed by atoms with Crippen molar-refractivity contribution in [1.29, 1.82) is 0 Å². The first-order chi connectivity index (χ1) is 7.18. The summed E-state index contributed by atoms with van der Waals surface area (Å²) in [5, 5.41) is 0.627. The molecule has 1 aliphatic carbocycles. The first-order valence-electron chi connectivity index (χ1n) is 5.18. The highest BCUT2D eigenvalue weighted by atomic mass is 35.5. The number of ketones is 1. The number of carbonyl (C=O) groups excluding carboxylic acids is 1. The second-order valence-corrected chi connectivity index (χ2v) is 4.35. The van der Waals surface area contributed by atoms with Crippen LogP contribution in [0.1, 0.15) is 35.2 Å². The number of rotatable bonds is 2. The van der Waals surface area contributed by atoms with Crippen molar-refractivity contribution in [3.63, 3.8) is 0 Å².